The third-order valence-corrected chi connectivity index (χ3v) is 7.44. The van der Waals surface area contributed by atoms with Crippen LogP contribution >= 0.6 is 36.2 Å². The highest BCUT2D eigenvalue weighted by Gasteiger charge is 2.43. The highest BCUT2D eigenvalue weighted by molar-refractivity contribution is 7.15. The number of nitrogens with zero attached hydrogens (tertiary/aromatic N) is 3. The Bertz CT molecular complexity index is 1100. The second-order valence-electron chi connectivity index (χ2n) is 8.06. The van der Waals surface area contributed by atoms with E-state index in [9.17, 15) is 4.79 Å². The van der Waals surface area contributed by atoms with Gasteiger partial charge in [-0.2, -0.15) is 0 Å². The number of carbonyl (C=O) groups excluding carboxylic acids is 1. The number of carbonyl (C=O) groups is 1. The Kier molecular flexibility index (Phi) is 7.97. The number of thiophene rings is 1. The van der Waals surface area contributed by atoms with Crippen LogP contribution in [0.1, 0.15) is 39.2 Å². The average Bonchev–Trinajstić information content (AvgIpc) is 3.26. The summed E-state index contributed by atoms with van der Waals surface area (Å²) < 4.78 is 6.36. The van der Waals surface area contributed by atoms with E-state index >= 15 is 0 Å². The third kappa shape index (κ3) is 4.85. The number of hydrogen-bond acceptors (Lipinski definition) is 7. The summed E-state index contributed by atoms with van der Waals surface area (Å²) in [5.41, 5.74) is 14.8. The van der Waals surface area contributed by atoms with Gasteiger partial charge in [0, 0.05) is 36.5 Å². The smallest absolute Gasteiger partial charge is 0.253 e. The Balaban J connectivity index is 0.00000153. The molecule has 4 heterocycles. The molecule has 1 amide bonds. The Morgan fingerprint density at radius 1 is 1.12 bits per heavy atom. The van der Waals surface area contributed by atoms with Crippen molar-refractivity contribution in [3.63, 3.8) is 0 Å². The van der Waals surface area contributed by atoms with Gasteiger partial charge in [-0.05, 0) is 42.2 Å². The number of benzene rings is 1. The Labute approximate surface area is 209 Å². The maximum absolute atomic E-state index is 13.0. The van der Waals surface area contributed by atoms with Crippen LogP contribution in [0.4, 0.5) is 5.82 Å². The molecule has 0 aliphatic carbocycles. The van der Waals surface area contributed by atoms with Crippen LogP contribution in [0.25, 0.3) is 10.6 Å². The van der Waals surface area contributed by atoms with Crippen LogP contribution in [-0.2, 0) is 23.3 Å². The van der Waals surface area contributed by atoms with Crippen LogP contribution in [0.2, 0.25) is 0 Å². The van der Waals surface area contributed by atoms with E-state index in [1.807, 2.05) is 29.2 Å². The van der Waals surface area contributed by atoms with E-state index in [0.717, 1.165) is 35.4 Å². The fourth-order valence-corrected chi connectivity index (χ4v) is 5.65. The lowest BCUT2D eigenvalue weighted by Crippen LogP contribution is -2.48. The van der Waals surface area contributed by atoms with Crippen LogP contribution in [0.15, 0.2) is 42.7 Å². The standard InChI is InChI=1S/C23H25N5O2S.2ClH/c24-12-15-1-3-16(4-2-15)22(29)28-8-6-23(7-9-28)17-11-20(31-19(17)5-10-30-23)18-13-27-21(25)14-26-18;;/h1-4,11,13-14H,5-10,12,24H2,(H2,25,27);2*1H. The molecule has 4 N–H and O–H groups in total. The molecule has 0 radical (unpaired) electrons. The predicted molar refractivity (Wildman–Crippen MR) is 135 cm³/mol. The van der Waals surface area contributed by atoms with Crippen molar-refractivity contribution in [1.29, 1.82) is 0 Å². The fourth-order valence-electron chi connectivity index (χ4n) is 4.46. The van der Waals surface area contributed by atoms with Crippen molar-refractivity contribution in [3.8, 4) is 10.6 Å². The molecule has 0 bridgehead atoms. The quantitative estimate of drug-likeness (QED) is 0.558. The molecule has 33 heavy (non-hydrogen) atoms. The number of halogens is 2. The minimum absolute atomic E-state index is 0. The molecule has 176 valence electrons. The molecule has 0 saturated carbocycles. The summed E-state index contributed by atoms with van der Waals surface area (Å²) in [4.78, 5) is 25.9. The van der Waals surface area contributed by atoms with Gasteiger partial charge in [-0.15, -0.1) is 36.2 Å². The molecule has 0 unspecified atom stereocenters. The first-order valence-electron chi connectivity index (χ1n) is 10.5. The lowest BCUT2D eigenvalue weighted by molar-refractivity contribution is -0.0926. The van der Waals surface area contributed by atoms with Crippen molar-refractivity contribution in [2.24, 2.45) is 5.73 Å². The van der Waals surface area contributed by atoms with Crippen LogP contribution in [0.3, 0.4) is 0 Å². The van der Waals surface area contributed by atoms with E-state index in [0.29, 0.717) is 37.6 Å². The summed E-state index contributed by atoms with van der Waals surface area (Å²) in [5, 5.41) is 0. The average molecular weight is 508 g/mol. The zero-order valence-corrected chi connectivity index (χ0v) is 20.5. The summed E-state index contributed by atoms with van der Waals surface area (Å²) in [6.45, 7) is 2.52. The van der Waals surface area contributed by atoms with Crippen LogP contribution in [0.5, 0.6) is 0 Å². The number of hydrogen-bond donors (Lipinski definition) is 2. The van der Waals surface area contributed by atoms with Gasteiger partial charge < -0.3 is 21.1 Å². The maximum Gasteiger partial charge on any atom is 0.253 e. The zero-order chi connectivity index (χ0) is 21.4. The monoisotopic (exact) mass is 507 g/mol. The van der Waals surface area contributed by atoms with E-state index in [-0.39, 0.29) is 36.3 Å². The molecule has 5 rings (SSSR count). The maximum atomic E-state index is 13.0. The molecule has 3 aromatic rings. The number of nitrogen functional groups attached to an aromatic ring is 1. The second kappa shape index (κ2) is 10.4. The van der Waals surface area contributed by atoms with Gasteiger partial charge in [-0.1, -0.05) is 12.1 Å². The molecule has 2 aliphatic heterocycles. The van der Waals surface area contributed by atoms with E-state index < -0.39 is 0 Å². The summed E-state index contributed by atoms with van der Waals surface area (Å²) in [6, 6.07) is 9.76. The Morgan fingerprint density at radius 3 is 2.48 bits per heavy atom. The third-order valence-electron chi connectivity index (χ3n) is 6.23. The number of rotatable bonds is 3. The molecule has 1 aromatic carbocycles. The second-order valence-corrected chi connectivity index (χ2v) is 9.20. The first kappa shape index (κ1) is 25.4. The first-order chi connectivity index (χ1) is 15.1. The minimum atomic E-state index is -0.330. The molecule has 1 saturated heterocycles. The van der Waals surface area contributed by atoms with E-state index in [1.165, 1.54) is 10.4 Å². The number of anilines is 1. The van der Waals surface area contributed by atoms with Gasteiger partial charge in [0.2, 0.25) is 0 Å². The van der Waals surface area contributed by atoms with E-state index in [2.05, 4.69) is 16.0 Å². The van der Waals surface area contributed by atoms with Gasteiger partial charge in [-0.3, -0.25) is 4.79 Å². The molecule has 10 heteroatoms. The normalized spacial score (nSPS) is 16.5. The van der Waals surface area contributed by atoms with Gasteiger partial charge in [-0.25, -0.2) is 9.97 Å². The van der Waals surface area contributed by atoms with E-state index in [4.69, 9.17) is 16.2 Å². The number of aromatic nitrogens is 2. The van der Waals surface area contributed by atoms with Crippen molar-refractivity contribution < 1.29 is 9.53 Å². The fraction of sp³-hybridized carbons (Fsp3) is 0.348. The Hall–Kier alpha value is -2.23. The largest absolute Gasteiger partial charge is 0.382 e. The molecular weight excluding hydrogens is 481 g/mol. The number of amides is 1. The van der Waals surface area contributed by atoms with Gasteiger partial charge in [0.15, 0.2) is 0 Å². The van der Waals surface area contributed by atoms with Crippen LogP contribution in [0, 0.1) is 0 Å². The number of likely N-dealkylation sites (tertiary alicyclic amines) is 1. The number of fused-ring (bicyclic) bond motifs is 2. The lowest BCUT2D eigenvalue weighted by Gasteiger charge is -2.44. The van der Waals surface area contributed by atoms with Crippen molar-refractivity contribution in [2.75, 3.05) is 25.4 Å². The van der Waals surface area contributed by atoms with Crippen molar-refractivity contribution in [1.82, 2.24) is 14.9 Å². The highest BCUT2D eigenvalue weighted by atomic mass is 35.5. The summed E-state index contributed by atoms with van der Waals surface area (Å²) in [5.74, 6) is 0.484. The van der Waals surface area contributed by atoms with Gasteiger partial charge >= 0.3 is 0 Å². The molecule has 2 aliphatic rings. The molecule has 2 aromatic heterocycles. The highest BCUT2D eigenvalue weighted by Crippen LogP contribution is 2.46. The molecule has 7 nitrogen and oxygen atoms in total. The Morgan fingerprint density at radius 2 is 1.85 bits per heavy atom. The topological polar surface area (TPSA) is 107 Å². The van der Waals surface area contributed by atoms with Gasteiger partial charge in [0.1, 0.15) is 5.82 Å². The van der Waals surface area contributed by atoms with Gasteiger partial charge in [0.05, 0.1) is 35.2 Å². The summed E-state index contributed by atoms with van der Waals surface area (Å²) in [6.07, 6.45) is 5.79. The number of ether oxygens (including phenoxy) is 1. The first-order valence-corrected chi connectivity index (χ1v) is 11.3. The number of piperidine rings is 1. The molecule has 0 atom stereocenters. The van der Waals surface area contributed by atoms with Gasteiger partial charge in [0.25, 0.3) is 5.91 Å². The molecule has 1 fully saturated rings. The number of nitrogens with two attached hydrogens (primary N) is 2. The molecular formula is C23H27Cl2N5O2S. The van der Waals surface area contributed by atoms with Crippen molar-refractivity contribution >= 4 is 47.9 Å². The minimum Gasteiger partial charge on any atom is -0.382 e. The zero-order valence-electron chi connectivity index (χ0n) is 18.0. The van der Waals surface area contributed by atoms with Crippen LogP contribution in [-0.4, -0.2) is 40.5 Å². The predicted octanol–water partition coefficient (Wildman–Crippen LogP) is 3.79. The van der Waals surface area contributed by atoms with E-state index in [1.54, 1.807) is 23.7 Å². The lowest BCUT2D eigenvalue weighted by atomic mass is 9.82. The van der Waals surface area contributed by atoms with Crippen molar-refractivity contribution in [3.05, 3.63) is 64.3 Å². The SMILES string of the molecule is Cl.Cl.NCc1ccc(C(=O)N2CCC3(CC2)OCCc2sc(-c4cnc(N)cn4)cc23)cc1. The summed E-state index contributed by atoms with van der Waals surface area (Å²) in [7, 11) is 0. The van der Waals surface area contributed by atoms with Crippen molar-refractivity contribution in [2.45, 2.75) is 31.4 Å². The van der Waals surface area contributed by atoms with Crippen LogP contribution < -0.4 is 11.5 Å². The summed E-state index contributed by atoms with van der Waals surface area (Å²) >= 11 is 1.76. The molecule has 1 spiro atoms.